The van der Waals surface area contributed by atoms with Crippen LogP contribution in [0.4, 0.5) is 0 Å². The van der Waals surface area contributed by atoms with Crippen molar-refractivity contribution in [3.8, 4) is 0 Å². The zero-order valence-corrected chi connectivity index (χ0v) is 14.4. The Kier molecular flexibility index (Phi) is 3.58. The number of hydrogen-bond donors (Lipinski definition) is 1. The Labute approximate surface area is 135 Å². The lowest BCUT2D eigenvalue weighted by Crippen LogP contribution is -2.52. The molecule has 0 spiro atoms. The van der Waals surface area contributed by atoms with E-state index in [1.165, 1.54) is 64.2 Å². The van der Waals surface area contributed by atoms with Gasteiger partial charge in [-0.1, -0.05) is 26.7 Å². The zero-order valence-electron chi connectivity index (χ0n) is 14.4. The maximum Gasteiger partial charge on any atom is 0.0472 e. The Hall–Kier alpha value is -0.530. The second-order valence-corrected chi connectivity index (χ2v) is 9.40. The molecule has 0 heterocycles. The summed E-state index contributed by atoms with van der Waals surface area (Å²) in [7, 11) is 0. The summed E-state index contributed by atoms with van der Waals surface area (Å²) in [6, 6.07) is 0. The van der Waals surface area contributed by atoms with E-state index >= 15 is 0 Å². The zero-order chi connectivity index (χ0) is 15.4. The number of nitrogens with zero attached hydrogens (tertiary/aromatic N) is 1. The van der Waals surface area contributed by atoms with E-state index in [1.54, 1.807) is 0 Å². The number of fused-ring (bicyclic) bond motifs is 5. The molecule has 22 heavy (non-hydrogen) atoms. The van der Waals surface area contributed by atoms with E-state index in [-0.39, 0.29) is 0 Å². The van der Waals surface area contributed by atoms with Crippen molar-refractivity contribution in [3.05, 3.63) is 0 Å². The summed E-state index contributed by atoms with van der Waals surface area (Å²) in [6.07, 6.45) is 16.2. The number of hydrogen-bond acceptors (Lipinski definition) is 2. The molecule has 2 nitrogen and oxygen atoms in total. The summed E-state index contributed by atoms with van der Waals surface area (Å²) < 4.78 is 0. The van der Waals surface area contributed by atoms with Gasteiger partial charge in [0.05, 0.1) is 0 Å². The van der Waals surface area contributed by atoms with E-state index in [1.807, 2.05) is 6.21 Å². The van der Waals surface area contributed by atoms with Gasteiger partial charge in [-0.15, -0.1) is 5.16 Å². The molecule has 4 rings (SSSR count). The van der Waals surface area contributed by atoms with Crippen LogP contribution in [0.5, 0.6) is 0 Å². The van der Waals surface area contributed by atoms with Crippen LogP contribution in [0.1, 0.15) is 78.1 Å². The lowest BCUT2D eigenvalue weighted by molar-refractivity contribution is -0.106. The summed E-state index contributed by atoms with van der Waals surface area (Å²) in [6.45, 7) is 5.15. The van der Waals surface area contributed by atoms with E-state index in [0.717, 1.165) is 23.7 Å². The molecule has 0 aromatic rings. The lowest BCUT2D eigenvalue weighted by Gasteiger charge is -2.60. The molecule has 0 bridgehead atoms. The molecule has 0 saturated heterocycles. The molecule has 1 N–H and O–H groups in total. The van der Waals surface area contributed by atoms with Crippen molar-refractivity contribution >= 4 is 6.21 Å². The minimum Gasteiger partial charge on any atom is -0.411 e. The summed E-state index contributed by atoms with van der Waals surface area (Å²) in [4.78, 5) is 0. The van der Waals surface area contributed by atoms with Crippen molar-refractivity contribution in [3.63, 3.8) is 0 Å². The van der Waals surface area contributed by atoms with Crippen LogP contribution < -0.4 is 0 Å². The monoisotopic (exact) mass is 303 g/mol. The standard InChI is InChI=1S/C20H33NO/c1-19-11-4-3-5-14(19)6-8-16-17-9-7-15(13-21-22)20(17,2)12-10-18(16)19/h13-18,22H,3-12H2,1-2H3/t14?,15?,16-,17-,18-,19-,20+/m0/s1. The molecular weight excluding hydrogens is 270 g/mol. The van der Waals surface area contributed by atoms with E-state index in [2.05, 4.69) is 19.0 Å². The van der Waals surface area contributed by atoms with Crippen LogP contribution in [0, 0.1) is 40.4 Å². The predicted octanol–water partition coefficient (Wildman–Crippen LogP) is 5.50. The highest BCUT2D eigenvalue weighted by molar-refractivity contribution is 5.62. The first-order valence-corrected chi connectivity index (χ1v) is 9.77. The van der Waals surface area contributed by atoms with Gasteiger partial charge in [-0.05, 0) is 85.9 Å². The molecule has 0 amide bonds. The molecular formula is C20H33NO. The second-order valence-electron chi connectivity index (χ2n) is 9.40. The molecule has 4 aliphatic rings. The summed E-state index contributed by atoms with van der Waals surface area (Å²) >= 11 is 0. The average Bonchev–Trinajstić information content (AvgIpc) is 2.84. The third-order valence-electron chi connectivity index (χ3n) is 8.90. The van der Waals surface area contributed by atoms with Crippen LogP contribution in [0.2, 0.25) is 0 Å². The minimum absolute atomic E-state index is 0.408. The van der Waals surface area contributed by atoms with Crippen LogP contribution in [0.15, 0.2) is 5.16 Å². The predicted molar refractivity (Wildman–Crippen MR) is 90.1 cm³/mol. The first kappa shape index (κ1) is 15.0. The van der Waals surface area contributed by atoms with Crippen molar-refractivity contribution in [2.45, 2.75) is 78.1 Å². The molecule has 7 atom stereocenters. The van der Waals surface area contributed by atoms with Crippen molar-refractivity contribution < 1.29 is 5.21 Å². The Morgan fingerprint density at radius 2 is 1.68 bits per heavy atom. The Morgan fingerprint density at radius 1 is 0.864 bits per heavy atom. The molecule has 4 fully saturated rings. The summed E-state index contributed by atoms with van der Waals surface area (Å²) in [5, 5.41) is 12.4. The number of rotatable bonds is 1. The molecule has 4 aliphatic carbocycles. The summed E-state index contributed by atoms with van der Waals surface area (Å²) in [5.74, 6) is 4.35. The van der Waals surface area contributed by atoms with Crippen molar-refractivity contribution in [2.24, 2.45) is 45.6 Å². The Bertz CT molecular complexity index is 461. The van der Waals surface area contributed by atoms with Gasteiger partial charge in [-0.25, -0.2) is 0 Å². The maximum atomic E-state index is 9.03. The number of oxime groups is 1. The van der Waals surface area contributed by atoms with Crippen molar-refractivity contribution in [1.29, 1.82) is 0 Å². The van der Waals surface area contributed by atoms with E-state index in [9.17, 15) is 0 Å². The highest BCUT2D eigenvalue weighted by atomic mass is 16.4. The highest BCUT2D eigenvalue weighted by Crippen LogP contribution is 2.67. The maximum absolute atomic E-state index is 9.03. The van der Waals surface area contributed by atoms with Gasteiger partial charge < -0.3 is 5.21 Å². The van der Waals surface area contributed by atoms with Crippen LogP contribution >= 0.6 is 0 Å². The summed E-state index contributed by atoms with van der Waals surface area (Å²) in [5.41, 5.74) is 1.05. The van der Waals surface area contributed by atoms with Crippen molar-refractivity contribution in [2.75, 3.05) is 0 Å². The Morgan fingerprint density at radius 3 is 2.50 bits per heavy atom. The third-order valence-corrected chi connectivity index (χ3v) is 8.90. The van der Waals surface area contributed by atoms with E-state index in [4.69, 9.17) is 5.21 Å². The minimum atomic E-state index is 0.408. The molecule has 0 radical (unpaired) electrons. The van der Waals surface area contributed by atoms with Gasteiger partial charge in [0.15, 0.2) is 0 Å². The highest BCUT2D eigenvalue weighted by Gasteiger charge is 2.59. The van der Waals surface area contributed by atoms with Gasteiger partial charge in [-0.2, -0.15) is 0 Å². The lowest BCUT2D eigenvalue weighted by atomic mass is 9.45. The fourth-order valence-electron chi connectivity index (χ4n) is 7.66. The van der Waals surface area contributed by atoms with Gasteiger partial charge in [-0.3, -0.25) is 0 Å². The molecule has 2 unspecified atom stereocenters. The first-order chi connectivity index (χ1) is 10.6. The fraction of sp³-hybridized carbons (Fsp3) is 0.950. The van der Waals surface area contributed by atoms with E-state index in [0.29, 0.717) is 16.7 Å². The second kappa shape index (κ2) is 5.24. The largest absolute Gasteiger partial charge is 0.411 e. The third kappa shape index (κ3) is 1.94. The smallest absolute Gasteiger partial charge is 0.0472 e. The Balaban J connectivity index is 1.62. The fourth-order valence-corrected chi connectivity index (χ4v) is 7.66. The quantitative estimate of drug-likeness (QED) is 0.387. The van der Waals surface area contributed by atoms with Gasteiger partial charge in [0.2, 0.25) is 0 Å². The van der Waals surface area contributed by atoms with Crippen LogP contribution in [0.25, 0.3) is 0 Å². The normalized spacial score (nSPS) is 54.7. The van der Waals surface area contributed by atoms with E-state index < -0.39 is 0 Å². The van der Waals surface area contributed by atoms with Crippen LogP contribution in [-0.2, 0) is 0 Å². The first-order valence-electron chi connectivity index (χ1n) is 9.77. The van der Waals surface area contributed by atoms with Gasteiger partial charge >= 0.3 is 0 Å². The van der Waals surface area contributed by atoms with Crippen molar-refractivity contribution in [1.82, 2.24) is 0 Å². The van der Waals surface area contributed by atoms with Crippen LogP contribution in [-0.4, -0.2) is 11.4 Å². The van der Waals surface area contributed by atoms with Gasteiger partial charge in [0.25, 0.3) is 0 Å². The van der Waals surface area contributed by atoms with Crippen LogP contribution in [0.3, 0.4) is 0 Å². The molecule has 0 aromatic heterocycles. The molecule has 0 aromatic carbocycles. The molecule has 4 saturated carbocycles. The molecule has 2 heteroatoms. The van der Waals surface area contributed by atoms with Gasteiger partial charge in [0, 0.05) is 12.1 Å². The average molecular weight is 303 g/mol. The molecule has 124 valence electrons. The SMILES string of the molecule is C[C@]12CCCCC1CC[C@@H]1[C@@H]2CC[C@]2(C)C(C=NO)CC[C@@H]12. The topological polar surface area (TPSA) is 32.6 Å². The molecule has 0 aliphatic heterocycles. The van der Waals surface area contributed by atoms with Gasteiger partial charge in [0.1, 0.15) is 0 Å².